The van der Waals surface area contributed by atoms with Crippen molar-refractivity contribution in [2.75, 3.05) is 0 Å². The summed E-state index contributed by atoms with van der Waals surface area (Å²) in [7, 11) is 0. The highest BCUT2D eigenvalue weighted by Crippen LogP contribution is 2.32. The predicted octanol–water partition coefficient (Wildman–Crippen LogP) is 3.12. The zero-order valence-corrected chi connectivity index (χ0v) is 14.5. The molecule has 0 atom stereocenters. The van der Waals surface area contributed by atoms with Gasteiger partial charge in [-0.2, -0.15) is 0 Å². The SMILES string of the molecule is O=C(NC1CCC(c2ccccc2)CC1)c1cccc(-n2cnnn2)c1. The summed E-state index contributed by atoms with van der Waals surface area (Å²) in [5.41, 5.74) is 2.81. The summed E-state index contributed by atoms with van der Waals surface area (Å²) in [4.78, 5) is 12.6. The summed E-state index contributed by atoms with van der Waals surface area (Å²) in [5, 5.41) is 14.3. The van der Waals surface area contributed by atoms with Crippen LogP contribution in [0, 0.1) is 0 Å². The highest BCUT2D eigenvalue weighted by Gasteiger charge is 2.23. The first-order valence-electron chi connectivity index (χ1n) is 8.99. The van der Waals surface area contributed by atoms with Crippen LogP contribution < -0.4 is 5.32 Å². The Morgan fingerprint density at radius 3 is 2.54 bits per heavy atom. The Labute approximate surface area is 152 Å². The van der Waals surface area contributed by atoms with Crippen LogP contribution in [-0.4, -0.2) is 32.2 Å². The fourth-order valence-corrected chi connectivity index (χ4v) is 3.63. The molecule has 1 N–H and O–H groups in total. The van der Waals surface area contributed by atoms with Crippen LogP contribution in [-0.2, 0) is 0 Å². The molecule has 0 saturated heterocycles. The second-order valence-corrected chi connectivity index (χ2v) is 6.74. The molecule has 0 radical (unpaired) electrons. The average molecular weight is 347 g/mol. The molecule has 1 aliphatic carbocycles. The molecular formula is C20H21N5O. The molecule has 2 aromatic carbocycles. The normalized spacial score (nSPS) is 19.8. The molecule has 26 heavy (non-hydrogen) atoms. The van der Waals surface area contributed by atoms with Crippen LogP contribution in [0.2, 0.25) is 0 Å². The maximum Gasteiger partial charge on any atom is 0.251 e. The van der Waals surface area contributed by atoms with Crippen molar-refractivity contribution in [1.29, 1.82) is 0 Å². The Bertz CT molecular complexity index is 855. The second kappa shape index (κ2) is 7.47. The van der Waals surface area contributed by atoms with Crippen LogP contribution in [0.3, 0.4) is 0 Å². The first-order valence-corrected chi connectivity index (χ1v) is 8.99. The number of amides is 1. The van der Waals surface area contributed by atoms with Crippen LogP contribution in [0.4, 0.5) is 0 Å². The lowest BCUT2D eigenvalue weighted by Gasteiger charge is -2.29. The third kappa shape index (κ3) is 3.64. The molecule has 0 aliphatic heterocycles. The van der Waals surface area contributed by atoms with Crippen LogP contribution >= 0.6 is 0 Å². The molecule has 132 valence electrons. The molecular weight excluding hydrogens is 326 g/mol. The van der Waals surface area contributed by atoms with Crippen LogP contribution in [0.5, 0.6) is 0 Å². The summed E-state index contributed by atoms with van der Waals surface area (Å²) in [6.07, 6.45) is 5.76. The summed E-state index contributed by atoms with van der Waals surface area (Å²) in [6.45, 7) is 0. The Morgan fingerprint density at radius 2 is 1.81 bits per heavy atom. The van der Waals surface area contributed by atoms with E-state index in [9.17, 15) is 4.79 Å². The smallest absolute Gasteiger partial charge is 0.251 e. The molecule has 1 saturated carbocycles. The van der Waals surface area contributed by atoms with Gasteiger partial charge in [-0.3, -0.25) is 4.79 Å². The lowest BCUT2D eigenvalue weighted by molar-refractivity contribution is 0.0926. The summed E-state index contributed by atoms with van der Waals surface area (Å²) < 4.78 is 1.54. The van der Waals surface area contributed by atoms with E-state index >= 15 is 0 Å². The summed E-state index contributed by atoms with van der Waals surface area (Å²) in [6, 6.07) is 18.2. The highest BCUT2D eigenvalue weighted by atomic mass is 16.1. The number of nitrogens with zero attached hydrogens (tertiary/aromatic N) is 4. The standard InChI is InChI=1S/C20H21N5O/c26-20(17-7-4-8-19(13-17)25-14-21-23-24-25)22-18-11-9-16(10-12-18)15-5-2-1-3-6-15/h1-8,13-14,16,18H,9-12H2,(H,22,26). The maximum absolute atomic E-state index is 12.6. The molecule has 3 aromatic rings. The molecule has 6 nitrogen and oxygen atoms in total. The van der Waals surface area contributed by atoms with Gasteiger partial charge in [-0.25, -0.2) is 4.68 Å². The second-order valence-electron chi connectivity index (χ2n) is 6.74. The number of nitrogens with one attached hydrogen (secondary N) is 1. The van der Waals surface area contributed by atoms with Gasteiger partial charge in [0.2, 0.25) is 0 Å². The van der Waals surface area contributed by atoms with E-state index in [0.29, 0.717) is 11.5 Å². The lowest BCUT2D eigenvalue weighted by atomic mass is 9.82. The molecule has 0 unspecified atom stereocenters. The third-order valence-corrected chi connectivity index (χ3v) is 5.06. The van der Waals surface area contributed by atoms with Crippen molar-refractivity contribution in [2.45, 2.75) is 37.6 Å². The monoisotopic (exact) mass is 347 g/mol. The number of rotatable bonds is 4. The molecule has 6 heteroatoms. The minimum Gasteiger partial charge on any atom is -0.349 e. The zero-order chi connectivity index (χ0) is 17.8. The number of carbonyl (C=O) groups is 1. The maximum atomic E-state index is 12.6. The van der Waals surface area contributed by atoms with Crippen LogP contribution in [0.25, 0.3) is 5.69 Å². The predicted molar refractivity (Wildman–Crippen MR) is 98.1 cm³/mol. The number of aromatic nitrogens is 4. The molecule has 0 bridgehead atoms. The fourth-order valence-electron chi connectivity index (χ4n) is 3.63. The van der Waals surface area contributed by atoms with Gasteiger partial charge in [0.25, 0.3) is 5.91 Å². The largest absolute Gasteiger partial charge is 0.349 e. The minimum atomic E-state index is -0.0388. The van der Waals surface area contributed by atoms with Gasteiger partial charge in [0.05, 0.1) is 5.69 Å². The van der Waals surface area contributed by atoms with Crippen molar-refractivity contribution in [3.8, 4) is 5.69 Å². The van der Waals surface area contributed by atoms with E-state index in [2.05, 4.69) is 51.2 Å². The summed E-state index contributed by atoms with van der Waals surface area (Å²) in [5.74, 6) is 0.565. The van der Waals surface area contributed by atoms with E-state index in [1.54, 1.807) is 10.7 Å². The molecule has 1 aliphatic rings. The Morgan fingerprint density at radius 1 is 1.00 bits per heavy atom. The molecule has 1 fully saturated rings. The van der Waals surface area contributed by atoms with Crippen molar-refractivity contribution in [3.63, 3.8) is 0 Å². The van der Waals surface area contributed by atoms with E-state index in [4.69, 9.17) is 0 Å². The van der Waals surface area contributed by atoms with E-state index in [1.165, 1.54) is 11.9 Å². The van der Waals surface area contributed by atoms with Crippen molar-refractivity contribution in [3.05, 3.63) is 72.1 Å². The average Bonchev–Trinajstić information content (AvgIpc) is 3.24. The first kappa shape index (κ1) is 16.4. The van der Waals surface area contributed by atoms with Crippen LogP contribution in [0.15, 0.2) is 60.9 Å². The van der Waals surface area contributed by atoms with Crippen LogP contribution in [0.1, 0.15) is 47.5 Å². The van der Waals surface area contributed by atoms with Gasteiger partial charge in [-0.15, -0.1) is 5.10 Å². The highest BCUT2D eigenvalue weighted by molar-refractivity contribution is 5.94. The molecule has 1 amide bonds. The van der Waals surface area contributed by atoms with Gasteiger partial charge in [0.15, 0.2) is 0 Å². The fraction of sp³-hybridized carbons (Fsp3) is 0.300. The summed E-state index contributed by atoms with van der Waals surface area (Å²) >= 11 is 0. The van der Waals surface area contributed by atoms with Gasteiger partial charge in [-0.1, -0.05) is 36.4 Å². The zero-order valence-electron chi connectivity index (χ0n) is 14.5. The number of tetrazole rings is 1. The Hall–Kier alpha value is -3.02. The number of carbonyl (C=O) groups excluding carboxylic acids is 1. The molecule has 1 aromatic heterocycles. The first-order chi connectivity index (χ1) is 12.8. The van der Waals surface area contributed by atoms with Crippen molar-refractivity contribution in [2.24, 2.45) is 0 Å². The van der Waals surface area contributed by atoms with Gasteiger partial charge in [0, 0.05) is 11.6 Å². The third-order valence-electron chi connectivity index (χ3n) is 5.06. The van der Waals surface area contributed by atoms with Gasteiger partial charge in [0.1, 0.15) is 6.33 Å². The van der Waals surface area contributed by atoms with Gasteiger partial charge < -0.3 is 5.32 Å². The number of hydrogen-bond donors (Lipinski definition) is 1. The van der Waals surface area contributed by atoms with Gasteiger partial charge >= 0.3 is 0 Å². The minimum absolute atomic E-state index is 0.0388. The Kier molecular flexibility index (Phi) is 4.73. The van der Waals surface area contributed by atoms with Crippen molar-refractivity contribution in [1.82, 2.24) is 25.5 Å². The van der Waals surface area contributed by atoms with E-state index in [1.807, 2.05) is 18.2 Å². The quantitative estimate of drug-likeness (QED) is 0.787. The lowest BCUT2D eigenvalue weighted by Crippen LogP contribution is -2.37. The van der Waals surface area contributed by atoms with E-state index < -0.39 is 0 Å². The molecule has 1 heterocycles. The molecule has 0 spiro atoms. The number of benzene rings is 2. The number of hydrogen-bond acceptors (Lipinski definition) is 4. The van der Waals surface area contributed by atoms with E-state index in [0.717, 1.165) is 31.4 Å². The van der Waals surface area contributed by atoms with Gasteiger partial charge in [-0.05, 0) is 65.8 Å². The van der Waals surface area contributed by atoms with Crippen molar-refractivity contribution < 1.29 is 4.79 Å². The van der Waals surface area contributed by atoms with E-state index in [-0.39, 0.29) is 11.9 Å². The topological polar surface area (TPSA) is 72.7 Å². The Balaban J connectivity index is 1.37. The van der Waals surface area contributed by atoms with Crippen molar-refractivity contribution >= 4 is 5.91 Å². The molecule has 4 rings (SSSR count).